The number of rotatable bonds is 7. The number of thiophene rings is 1. The Hall–Kier alpha value is -3.37. The second-order valence-corrected chi connectivity index (χ2v) is 7.44. The molecule has 0 amide bonds. The van der Waals surface area contributed by atoms with E-state index in [0.29, 0.717) is 47.6 Å². The zero-order chi connectivity index (χ0) is 20.2. The number of hydrogen-bond acceptors (Lipinski definition) is 6. The quantitative estimate of drug-likeness (QED) is 0.419. The number of furan rings is 1. The average Bonchev–Trinajstić information content (AvgIpc) is 3.40. The van der Waals surface area contributed by atoms with Crippen molar-refractivity contribution >= 4 is 21.6 Å². The minimum atomic E-state index is -0.0934. The van der Waals surface area contributed by atoms with Gasteiger partial charge in [0.1, 0.15) is 22.2 Å². The summed E-state index contributed by atoms with van der Waals surface area (Å²) in [5.74, 6) is 2.13. The van der Waals surface area contributed by atoms with Gasteiger partial charge in [0.05, 0.1) is 24.8 Å². The fourth-order valence-electron chi connectivity index (χ4n) is 3.29. The summed E-state index contributed by atoms with van der Waals surface area (Å²) in [4.78, 5) is 18.9. The van der Waals surface area contributed by atoms with Crippen molar-refractivity contribution in [1.29, 1.82) is 5.26 Å². The monoisotopic (exact) mass is 405 g/mol. The molecular weight excluding hydrogens is 386 g/mol. The number of nitrogens with zero attached hydrogens (tertiary/aromatic N) is 3. The number of aromatic nitrogens is 2. The second-order valence-electron chi connectivity index (χ2n) is 6.58. The summed E-state index contributed by atoms with van der Waals surface area (Å²) in [5.41, 5.74) is 1.70. The number of ether oxygens (including phenoxy) is 1. The maximum atomic E-state index is 13.4. The van der Waals surface area contributed by atoms with Crippen molar-refractivity contribution in [2.45, 2.75) is 25.8 Å². The SMILES string of the molecule is COc1ccc(Cc2nc3scc(-c4ccco4)c3c(=O)n2CCCC#N)cc1. The van der Waals surface area contributed by atoms with Crippen molar-refractivity contribution in [2.24, 2.45) is 0 Å². The maximum Gasteiger partial charge on any atom is 0.263 e. The molecule has 0 fully saturated rings. The van der Waals surface area contributed by atoms with Gasteiger partial charge in [0.2, 0.25) is 0 Å². The van der Waals surface area contributed by atoms with Gasteiger partial charge in [-0.1, -0.05) is 12.1 Å². The molecule has 7 heteroatoms. The van der Waals surface area contributed by atoms with Crippen LogP contribution in [0.5, 0.6) is 5.75 Å². The highest BCUT2D eigenvalue weighted by molar-refractivity contribution is 7.17. The van der Waals surface area contributed by atoms with Gasteiger partial charge in [0.25, 0.3) is 5.56 Å². The summed E-state index contributed by atoms with van der Waals surface area (Å²) in [6, 6.07) is 13.5. The molecule has 0 aliphatic rings. The number of hydrogen-bond donors (Lipinski definition) is 0. The third kappa shape index (κ3) is 3.80. The molecule has 3 aromatic heterocycles. The maximum absolute atomic E-state index is 13.4. The lowest BCUT2D eigenvalue weighted by atomic mass is 10.1. The van der Waals surface area contributed by atoms with E-state index < -0.39 is 0 Å². The lowest BCUT2D eigenvalue weighted by Crippen LogP contribution is -2.25. The Labute approximate surface area is 171 Å². The van der Waals surface area contributed by atoms with Crippen LogP contribution in [-0.4, -0.2) is 16.7 Å². The minimum Gasteiger partial charge on any atom is -0.497 e. The molecule has 0 spiro atoms. The molecule has 0 aliphatic heterocycles. The van der Waals surface area contributed by atoms with E-state index >= 15 is 0 Å². The molecule has 0 saturated heterocycles. The molecule has 3 heterocycles. The van der Waals surface area contributed by atoms with Crippen LogP contribution in [-0.2, 0) is 13.0 Å². The van der Waals surface area contributed by atoms with E-state index in [2.05, 4.69) is 6.07 Å². The van der Waals surface area contributed by atoms with Crippen LogP contribution in [0.4, 0.5) is 0 Å². The predicted molar refractivity (Wildman–Crippen MR) is 112 cm³/mol. The third-order valence-electron chi connectivity index (χ3n) is 4.75. The average molecular weight is 405 g/mol. The van der Waals surface area contributed by atoms with Crippen molar-refractivity contribution in [1.82, 2.24) is 9.55 Å². The normalized spacial score (nSPS) is 10.9. The topological polar surface area (TPSA) is 81.1 Å². The van der Waals surface area contributed by atoms with Crippen LogP contribution in [0.1, 0.15) is 24.2 Å². The number of unbranched alkanes of at least 4 members (excludes halogenated alkanes) is 1. The van der Waals surface area contributed by atoms with Crippen molar-refractivity contribution in [2.75, 3.05) is 7.11 Å². The highest BCUT2D eigenvalue weighted by atomic mass is 32.1. The van der Waals surface area contributed by atoms with Gasteiger partial charge in [-0.15, -0.1) is 11.3 Å². The molecule has 0 aliphatic carbocycles. The standard InChI is InChI=1S/C22H19N3O3S/c1-27-16-8-6-15(7-9-16)13-19-24-21-20(22(26)25(19)11-3-2-10-23)17(14-29-21)18-5-4-12-28-18/h4-9,12,14H,2-3,11,13H2,1H3. The van der Waals surface area contributed by atoms with Crippen molar-refractivity contribution < 1.29 is 9.15 Å². The van der Waals surface area contributed by atoms with Gasteiger partial charge in [-0.25, -0.2) is 4.98 Å². The Morgan fingerprint density at radius 3 is 2.79 bits per heavy atom. The first-order chi connectivity index (χ1) is 14.2. The van der Waals surface area contributed by atoms with Gasteiger partial charge in [0, 0.05) is 30.3 Å². The fourth-order valence-corrected chi connectivity index (χ4v) is 4.22. The smallest absolute Gasteiger partial charge is 0.263 e. The van der Waals surface area contributed by atoms with Crippen LogP contribution >= 0.6 is 11.3 Å². The van der Waals surface area contributed by atoms with Crippen LogP contribution < -0.4 is 10.3 Å². The van der Waals surface area contributed by atoms with E-state index in [1.54, 1.807) is 24.0 Å². The number of fused-ring (bicyclic) bond motifs is 1. The van der Waals surface area contributed by atoms with Crippen molar-refractivity contribution in [3.8, 4) is 23.1 Å². The predicted octanol–water partition coefficient (Wildman–Crippen LogP) is 4.62. The van der Waals surface area contributed by atoms with Gasteiger partial charge in [-0.2, -0.15) is 5.26 Å². The summed E-state index contributed by atoms with van der Waals surface area (Å²) in [6.07, 6.45) is 3.10. The van der Waals surface area contributed by atoms with Crippen molar-refractivity contribution in [3.05, 3.63) is 69.8 Å². The van der Waals surface area contributed by atoms with Crippen LogP contribution in [0.25, 0.3) is 21.5 Å². The molecule has 0 radical (unpaired) electrons. The fraction of sp³-hybridized carbons (Fsp3) is 0.227. The highest BCUT2D eigenvalue weighted by Gasteiger charge is 2.18. The Morgan fingerprint density at radius 1 is 1.28 bits per heavy atom. The molecule has 0 bridgehead atoms. The zero-order valence-electron chi connectivity index (χ0n) is 15.9. The van der Waals surface area contributed by atoms with Crippen LogP contribution in [0, 0.1) is 11.3 Å². The number of nitriles is 1. The summed E-state index contributed by atoms with van der Waals surface area (Å²) in [6.45, 7) is 0.453. The van der Waals surface area contributed by atoms with Gasteiger partial charge < -0.3 is 9.15 Å². The first-order valence-electron chi connectivity index (χ1n) is 9.26. The lowest BCUT2D eigenvalue weighted by Gasteiger charge is -2.12. The van der Waals surface area contributed by atoms with Gasteiger partial charge in [0.15, 0.2) is 0 Å². The Bertz CT molecular complexity index is 1220. The third-order valence-corrected chi connectivity index (χ3v) is 5.62. The Balaban J connectivity index is 1.80. The minimum absolute atomic E-state index is 0.0934. The second kappa shape index (κ2) is 8.33. The van der Waals surface area contributed by atoms with E-state index in [1.165, 1.54) is 11.3 Å². The molecule has 1 aromatic carbocycles. The largest absolute Gasteiger partial charge is 0.497 e. The molecule has 29 heavy (non-hydrogen) atoms. The molecule has 0 unspecified atom stereocenters. The number of benzene rings is 1. The molecule has 146 valence electrons. The summed E-state index contributed by atoms with van der Waals surface area (Å²) in [7, 11) is 1.63. The Morgan fingerprint density at radius 2 is 2.10 bits per heavy atom. The van der Waals surface area contributed by atoms with Gasteiger partial charge in [-0.3, -0.25) is 9.36 Å². The molecule has 0 saturated carbocycles. The highest BCUT2D eigenvalue weighted by Crippen LogP contribution is 2.31. The van der Waals surface area contributed by atoms with E-state index in [1.807, 2.05) is 35.7 Å². The van der Waals surface area contributed by atoms with E-state index in [-0.39, 0.29) is 5.56 Å². The summed E-state index contributed by atoms with van der Waals surface area (Å²) in [5, 5.41) is 11.4. The lowest BCUT2D eigenvalue weighted by molar-refractivity contribution is 0.414. The molecule has 6 nitrogen and oxygen atoms in total. The van der Waals surface area contributed by atoms with Crippen LogP contribution in [0.15, 0.2) is 57.3 Å². The molecule has 4 rings (SSSR count). The van der Waals surface area contributed by atoms with Crippen molar-refractivity contribution in [3.63, 3.8) is 0 Å². The van der Waals surface area contributed by atoms with E-state index in [0.717, 1.165) is 16.9 Å². The van der Waals surface area contributed by atoms with Crippen LogP contribution in [0.3, 0.4) is 0 Å². The first-order valence-corrected chi connectivity index (χ1v) is 10.1. The summed E-state index contributed by atoms with van der Waals surface area (Å²) < 4.78 is 12.4. The first kappa shape index (κ1) is 19.0. The Kier molecular flexibility index (Phi) is 5.45. The molecule has 4 aromatic rings. The number of methoxy groups -OCH3 is 1. The van der Waals surface area contributed by atoms with Gasteiger partial charge in [-0.05, 0) is 36.2 Å². The molecule has 0 atom stereocenters. The van der Waals surface area contributed by atoms with E-state index in [9.17, 15) is 4.79 Å². The molecule has 0 N–H and O–H groups in total. The summed E-state index contributed by atoms with van der Waals surface area (Å²) >= 11 is 1.44. The van der Waals surface area contributed by atoms with Gasteiger partial charge >= 0.3 is 0 Å². The van der Waals surface area contributed by atoms with E-state index in [4.69, 9.17) is 19.4 Å². The zero-order valence-corrected chi connectivity index (χ0v) is 16.7. The molecular formula is C22H19N3O3S. The van der Waals surface area contributed by atoms with Crippen LogP contribution in [0.2, 0.25) is 0 Å².